The third kappa shape index (κ3) is 20.9. The van der Waals surface area contributed by atoms with Gasteiger partial charge in [0.15, 0.2) is 0 Å². The number of hydrogen-bond donors (Lipinski definition) is 1. The van der Waals surface area contributed by atoms with Gasteiger partial charge in [0.1, 0.15) is 17.3 Å². The molecular weight excluding hydrogens is 660 g/mol. The van der Waals surface area contributed by atoms with Gasteiger partial charge < -0.3 is 34.8 Å². The molecule has 0 saturated carbocycles. The first-order chi connectivity index (χ1) is 20.5. The van der Waals surface area contributed by atoms with Crippen molar-refractivity contribution in [1.29, 1.82) is 0 Å². The fourth-order valence-corrected chi connectivity index (χ4v) is 5.14. The van der Waals surface area contributed by atoms with E-state index in [1.165, 1.54) is 0 Å². The van der Waals surface area contributed by atoms with Crippen molar-refractivity contribution in [2.75, 3.05) is 6.61 Å². The SMILES string of the molecule is CCC(CC)(CC)C(=O)CC(=O)[O-].CCC(CC)(CC)C(=O)CC(=O)[O-].CCC(CC)(CC)C(=O)CC(=O)[O-].CCCCO.[Zr+3]. The van der Waals surface area contributed by atoms with E-state index in [4.69, 9.17) is 5.11 Å². The van der Waals surface area contributed by atoms with E-state index >= 15 is 0 Å². The average molecular weight is 721 g/mol. The van der Waals surface area contributed by atoms with Gasteiger partial charge in [-0.2, -0.15) is 0 Å². The standard InChI is InChI=1S/3C10H18O3.C4H10O.Zr/c3*1-4-10(5-2,6-3)8(11)7-9(12)13;1-2-3-4-5;/h3*4-7H2,1-3H3,(H,12,13);5H,2-4H2,1H3;/q;;;;+3/p-3. The van der Waals surface area contributed by atoms with E-state index in [2.05, 4.69) is 6.92 Å². The number of carboxylic acids is 3. The fraction of sp³-hybridized carbons (Fsp3) is 0.824. The topological polar surface area (TPSA) is 192 Å². The molecule has 0 unspecified atom stereocenters. The second kappa shape index (κ2) is 29.7. The molecule has 0 aromatic carbocycles. The summed E-state index contributed by atoms with van der Waals surface area (Å²) in [5.41, 5.74) is -1.33. The summed E-state index contributed by atoms with van der Waals surface area (Å²) in [6.45, 7) is 19.6. The number of ketones is 3. The molecule has 0 bridgehead atoms. The predicted molar refractivity (Wildman–Crippen MR) is 166 cm³/mol. The Morgan fingerprint density at radius 3 is 0.689 bits per heavy atom. The van der Waals surface area contributed by atoms with Crippen LogP contribution in [0.4, 0.5) is 0 Å². The summed E-state index contributed by atoms with van der Waals surface area (Å²) in [6, 6.07) is 0. The second-order valence-corrected chi connectivity index (χ2v) is 11.0. The molecule has 0 aromatic heterocycles. The van der Waals surface area contributed by atoms with E-state index in [1.807, 2.05) is 62.3 Å². The molecule has 45 heavy (non-hydrogen) atoms. The van der Waals surface area contributed by atoms with Crippen LogP contribution in [-0.4, -0.2) is 47.0 Å². The Kier molecular flexibility index (Phi) is 34.8. The van der Waals surface area contributed by atoms with Gasteiger partial charge in [-0.3, -0.25) is 14.4 Å². The van der Waals surface area contributed by atoms with Gasteiger partial charge in [-0.05, 0) is 64.2 Å². The molecule has 0 fully saturated rings. The van der Waals surface area contributed by atoms with Gasteiger partial charge in [0.05, 0.1) is 0 Å². The van der Waals surface area contributed by atoms with Gasteiger partial charge in [0.25, 0.3) is 0 Å². The molecule has 1 radical (unpaired) electrons. The van der Waals surface area contributed by atoms with Crippen molar-refractivity contribution in [3.8, 4) is 0 Å². The van der Waals surface area contributed by atoms with Crippen LogP contribution in [-0.2, 0) is 55.0 Å². The Labute approximate surface area is 291 Å². The molecule has 0 heterocycles. The number of Topliss-reactive ketones (excluding diaryl/α,β-unsaturated/α-hetero) is 3. The third-order valence-corrected chi connectivity index (χ3v) is 9.29. The molecule has 0 spiro atoms. The number of hydrogen-bond acceptors (Lipinski definition) is 10. The van der Waals surface area contributed by atoms with E-state index in [1.54, 1.807) is 0 Å². The van der Waals surface area contributed by atoms with Crippen molar-refractivity contribution < 1.29 is 75.4 Å². The van der Waals surface area contributed by atoms with Crippen molar-refractivity contribution in [3.05, 3.63) is 0 Å². The monoisotopic (exact) mass is 719 g/mol. The van der Waals surface area contributed by atoms with Gasteiger partial charge in [0.2, 0.25) is 0 Å². The van der Waals surface area contributed by atoms with Crippen LogP contribution in [0.2, 0.25) is 0 Å². The summed E-state index contributed by atoms with van der Waals surface area (Å²) in [5, 5.41) is 38.9. The Morgan fingerprint density at radius 2 is 0.622 bits per heavy atom. The van der Waals surface area contributed by atoms with Gasteiger partial charge in [0, 0.05) is 60.0 Å². The molecule has 0 aliphatic heterocycles. The maximum atomic E-state index is 11.5. The summed E-state index contributed by atoms with van der Waals surface area (Å²) < 4.78 is 0. The zero-order valence-electron chi connectivity index (χ0n) is 29.7. The van der Waals surface area contributed by atoms with Crippen molar-refractivity contribution in [2.45, 2.75) is 159 Å². The van der Waals surface area contributed by atoms with E-state index < -0.39 is 53.4 Å². The molecule has 0 aromatic rings. The number of carboxylic acid groups (broad SMARTS) is 3. The second-order valence-electron chi connectivity index (χ2n) is 11.0. The van der Waals surface area contributed by atoms with Crippen LogP contribution in [0.25, 0.3) is 0 Å². The molecule has 11 heteroatoms. The molecule has 0 aliphatic carbocycles. The third-order valence-electron chi connectivity index (χ3n) is 9.29. The maximum absolute atomic E-state index is 11.5. The number of aliphatic hydroxyl groups excluding tert-OH is 1. The molecule has 261 valence electrons. The molecule has 0 atom stereocenters. The number of carbonyl (C=O) groups is 6. The number of unbranched alkanes of at least 4 members (excludes halogenated alkanes) is 1. The minimum Gasteiger partial charge on any atom is -0.550 e. The quantitative estimate of drug-likeness (QED) is 0.182. The summed E-state index contributed by atoms with van der Waals surface area (Å²) in [6.07, 6.45) is 7.00. The number of rotatable bonds is 20. The summed E-state index contributed by atoms with van der Waals surface area (Å²) in [5.74, 6) is -4.40. The van der Waals surface area contributed by atoms with Crippen LogP contribution in [0.1, 0.15) is 159 Å². The minimum atomic E-state index is -1.27. The van der Waals surface area contributed by atoms with E-state index in [0.717, 1.165) is 12.8 Å². The fourth-order valence-electron chi connectivity index (χ4n) is 5.14. The summed E-state index contributed by atoms with van der Waals surface area (Å²) in [7, 11) is 0. The molecule has 0 aliphatic rings. The first-order valence-electron chi connectivity index (χ1n) is 16.3. The van der Waals surface area contributed by atoms with Gasteiger partial charge in [-0.25, -0.2) is 0 Å². The van der Waals surface area contributed by atoms with Crippen LogP contribution in [0.3, 0.4) is 0 Å². The normalized spacial score (nSPS) is 10.7. The predicted octanol–water partition coefficient (Wildman–Crippen LogP) is 3.51. The van der Waals surface area contributed by atoms with E-state index in [-0.39, 0.29) is 43.6 Å². The zero-order chi connectivity index (χ0) is 35.6. The number of aliphatic carboxylic acids is 3. The molecular formula is C34H61O10Zr. The van der Waals surface area contributed by atoms with E-state index in [9.17, 15) is 44.1 Å². The molecule has 1 N–H and O–H groups in total. The Bertz CT molecular complexity index is 711. The molecule has 10 nitrogen and oxygen atoms in total. The van der Waals surface area contributed by atoms with Gasteiger partial charge in [-0.15, -0.1) is 0 Å². The van der Waals surface area contributed by atoms with Crippen molar-refractivity contribution in [3.63, 3.8) is 0 Å². The number of aliphatic hydroxyl groups is 1. The number of carbonyl (C=O) groups excluding carboxylic acids is 6. The van der Waals surface area contributed by atoms with Crippen LogP contribution in [0, 0.1) is 16.2 Å². The van der Waals surface area contributed by atoms with Crippen LogP contribution in [0.15, 0.2) is 0 Å². The minimum absolute atomic E-state index is 0. The largest absolute Gasteiger partial charge is 3.00 e. The average Bonchev–Trinajstić information content (AvgIpc) is 2.97. The van der Waals surface area contributed by atoms with Crippen LogP contribution < -0.4 is 15.3 Å². The van der Waals surface area contributed by atoms with Crippen LogP contribution >= 0.6 is 0 Å². The maximum Gasteiger partial charge on any atom is 3.00 e. The molecule has 0 rings (SSSR count). The van der Waals surface area contributed by atoms with Crippen molar-refractivity contribution in [1.82, 2.24) is 0 Å². The van der Waals surface area contributed by atoms with Crippen molar-refractivity contribution >= 4 is 35.3 Å². The van der Waals surface area contributed by atoms with E-state index in [0.29, 0.717) is 64.4 Å². The first-order valence-corrected chi connectivity index (χ1v) is 16.3. The first kappa shape index (κ1) is 52.8. The van der Waals surface area contributed by atoms with Crippen LogP contribution in [0.5, 0.6) is 0 Å². The summed E-state index contributed by atoms with van der Waals surface area (Å²) >= 11 is 0. The molecule has 0 saturated heterocycles. The Hall–Kier alpha value is -1.74. The van der Waals surface area contributed by atoms with Crippen molar-refractivity contribution in [2.24, 2.45) is 16.2 Å². The Balaban J connectivity index is -0.000000163. The Morgan fingerprint density at radius 1 is 0.444 bits per heavy atom. The van der Waals surface area contributed by atoms with Gasteiger partial charge >= 0.3 is 26.2 Å². The zero-order valence-corrected chi connectivity index (χ0v) is 32.2. The van der Waals surface area contributed by atoms with Gasteiger partial charge in [-0.1, -0.05) is 75.7 Å². The molecule has 0 amide bonds. The smallest absolute Gasteiger partial charge is 0.550 e. The summed E-state index contributed by atoms with van der Waals surface area (Å²) in [4.78, 5) is 65.5.